The van der Waals surface area contributed by atoms with Crippen molar-refractivity contribution in [3.05, 3.63) is 60.2 Å². The Kier molecular flexibility index (Phi) is 4.76. The third kappa shape index (κ3) is 3.54. The van der Waals surface area contributed by atoms with E-state index in [1.807, 2.05) is 18.3 Å². The van der Waals surface area contributed by atoms with Crippen molar-refractivity contribution >= 4 is 11.6 Å². The summed E-state index contributed by atoms with van der Waals surface area (Å²) in [4.78, 5) is 18.9. The Labute approximate surface area is 140 Å². The van der Waals surface area contributed by atoms with Gasteiger partial charge in [-0.05, 0) is 36.2 Å². The van der Waals surface area contributed by atoms with Crippen molar-refractivity contribution in [2.45, 2.75) is 18.5 Å². The molecule has 24 heavy (non-hydrogen) atoms. The second-order valence-corrected chi connectivity index (χ2v) is 6.12. The molecule has 0 aliphatic carbocycles. The molecule has 0 bridgehead atoms. The predicted octanol–water partition coefficient (Wildman–Crippen LogP) is 2.02. The first-order chi connectivity index (χ1) is 11.6. The van der Waals surface area contributed by atoms with Crippen LogP contribution in [0.5, 0.6) is 0 Å². The van der Waals surface area contributed by atoms with E-state index in [9.17, 15) is 9.18 Å². The molecule has 1 fully saturated rings. The summed E-state index contributed by atoms with van der Waals surface area (Å²) in [5.41, 5.74) is 0.961. The number of pyridine rings is 1. The van der Waals surface area contributed by atoms with Crippen molar-refractivity contribution in [3.63, 3.8) is 0 Å². The maximum absolute atomic E-state index is 13.5. The first-order valence-corrected chi connectivity index (χ1v) is 7.98. The minimum atomic E-state index is -0.759. The van der Waals surface area contributed by atoms with Gasteiger partial charge >= 0.3 is 0 Å². The zero-order valence-corrected chi connectivity index (χ0v) is 13.6. The van der Waals surface area contributed by atoms with Crippen LogP contribution in [0.3, 0.4) is 0 Å². The average molecular weight is 328 g/mol. The number of rotatable bonds is 5. The fourth-order valence-electron chi connectivity index (χ4n) is 3.20. The molecule has 3 rings (SSSR count). The SMILES string of the molecule is CNC(=O)C1(Nc2cccc(F)c2)CCN(Cc2cccnc2)C1. The second-order valence-electron chi connectivity index (χ2n) is 6.12. The molecule has 1 aliphatic rings. The molecule has 1 aromatic heterocycles. The van der Waals surface area contributed by atoms with Gasteiger partial charge in [-0.15, -0.1) is 0 Å². The highest BCUT2D eigenvalue weighted by Crippen LogP contribution is 2.28. The lowest BCUT2D eigenvalue weighted by molar-refractivity contribution is -0.124. The molecular formula is C18H21FN4O. The minimum Gasteiger partial charge on any atom is -0.370 e. The number of hydrogen-bond donors (Lipinski definition) is 2. The summed E-state index contributed by atoms with van der Waals surface area (Å²) in [6.45, 7) is 2.07. The van der Waals surface area contributed by atoms with E-state index in [2.05, 4.69) is 20.5 Å². The number of benzene rings is 1. The van der Waals surface area contributed by atoms with Crippen molar-refractivity contribution in [1.29, 1.82) is 0 Å². The number of likely N-dealkylation sites (tertiary alicyclic amines) is 1. The largest absolute Gasteiger partial charge is 0.370 e. The fraction of sp³-hybridized carbons (Fsp3) is 0.333. The average Bonchev–Trinajstić information content (AvgIpc) is 2.99. The molecular weight excluding hydrogens is 307 g/mol. The molecule has 2 N–H and O–H groups in total. The Morgan fingerprint density at radius 2 is 2.25 bits per heavy atom. The van der Waals surface area contributed by atoms with E-state index in [1.54, 1.807) is 25.4 Å². The number of carbonyl (C=O) groups is 1. The first kappa shape index (κ1) is 16.4. The van der Waals surface area contributed by atoms with E-state index in [4.69, 9.17) is 0 Å². The van der Waals surface area contributed by atoms with Crippen LogP contribution in [-0.4, -0.2) is 41.5 Å². The summed E-state index contributed by atoms with van der Waals surface area (Å²) in [6, 6.07) is 10.1. The van der Waals surface area contributed by atoms with Crippen molar-refractivity contribution < 1.29 is 9.18 Å². The number of carbonyl (C=O) groups excluding carboxylic acids is 1. The quantitative estimate of drug-likeness (QED) is 0.882. The molecule has 1 atom stereocenters. The van der Waals surface area contributed by atoms with Gasteiger partial charge in [-0.3, -0.25) is 14.7 Å². The number of hydrogen-bond acceptors (Lipinski definition) is 4. The van der Waals surface area contributed by atoms with Crippen LogP contribution in [0.15, 0.2) is 48.8 Å². The summed E-state index contributed by atoms with van der Waals surface area (Å²) in [5, 5.41) is 5.99. The van der Waals surface area contributed by atoms with Crippen LogP contribution in [0.1, 0.15) is 12.0 Å². The highest BCUT2D eigenvalue weighted by molar-refractivity contribution is 5.90. The zero-order valence-electron chi connectivity index (χ0n) is 13.6. The van der Waals surface area contributed by atoms with E-state index in [0.29, 0.717) is 18.7 Å². The topological polar surface area (TPSA) is 57.3 Å². The van der Waals surface area contributed by atoms with Crippen molar-refractivity contribution in [3.8, 4) is 0 Å². The lowest BCUT2D eigenvalue weighted by Crippen LogP contribution is -2.53. The smallest absolute Gasteiger partial charge is 0.246 e. The van der Waals surface area contributed by atoms with E-state index in [0.717, 1.165) is 18.7 Å². The Morgan fingerprint density at radius 1 is 1.38 bits per heavy atom. The second kappa shape index (κ2) is 6.97. The summed E-state index contributed by atoms with van der Waals surface area (Å²) in [6.07, 6.45) is 4.23. The van der Waals surface area contributed by atoms with E-state index >= 15 is 0 Å². The van der Waals surface area contributed by atoms with Crippen molar-refractivity contribution in [2.75, 3.05) is 25.5 Å². The number of anilines is 1. The Hall–Kier alpha value is -2.47. The molecule has 0 spiro atoms. The maximum Gasteiger partial charge on any atom is 0.246 e. The maximum atomic E-state index is 13.5. The van der Waals surface area contributed by atoms with Crippen LogP contribution in [0.2, 0.25) is 0 Å². The number of likely N-dealkylation sites (N-methyl/N-ethyl adjacent to an activating group) is 1. The highest BCUT2D eigenvalue weighted by Gasteiger charge is 2.44. The number of amides is 1. The fourth-order valence-corrected chi connectivity index (χ4v) is 3.20. The summed E-state index contributed by atoms with van der Waals surface area (Å²) in [5.74, 6) is -0.405. The van der Waals surface area contributed by atoms with Crippen LogP contribution < -0.4 is 10.6 Å². The molecule has 126 valence electrons. The van der Waals surface area contributed by atoms with E-state index in [-0.39, 0.29) is 11.7 Å². The molecule has 1 aliphatic heterocycles. The molecule has 6 heteroatoms. The van der Waals surface area contributed by atoms with Gasteiger partial charge in [0.05, 0.1) is 0 Å². The number of nitrogens with zero attached hydrogens (tertiary/aromatic N) is 2. The van der Waals surface area contributed by atoms with Crippen LogP contribution in [0, 0.1) is 5.82 Å². The Bertz CT molecular complexity index is 709. The van der Waals surface area contributed by atoms with Gasteiger partial charge in [-0.1, -0.05) is 12.1 Å². The van der Waals surface area contributed by atoms with Gasteiger partial charge in [0.2, 0.25) is 5.91 Å². The molecule has 0 radical (unpaired) electrons. The van der Waals surface area contributed by atoms with Gasteiger partial charge in [0.25, 0.3) is 0 Å². The summed E-state index contributed by atoms with van der Waals surface area (Å²) < 4.78 is 13.5. The van der Waals surface area contributed by atoms with Crippen molar-refractivity contribution in [1.82, 2.24) is 15.2 Å². The molecule has 1 unspecified atom stereocenters. The van der Waals surface area contributed by atoms with Gasteiger partial charge in [0.1, 0.15) is 11.4 Å². The van der Waals surface area contributed by atoms with Gasteiger partial charge in [-0.2, -0.15) is 0 Å². The van der Waals surface area contributed by atoms with Gasteiger partial charge < -0.3 is 10.6 Å². The van der Waals surface area contributed by atoms with Gasteiger partial charge in [0, 0.05) is 44.8 Å². The number of aromatic nitrogens is 1. The van der Waals surface area contributed by atoms with Gasteiger partial charge in [0.15, 0.2) is 0 Å². The Balaban J connectivity index is 1.76. The monoisotopic (exact) mass is 328 g/mol. The third-order valence-electron chi connectivity index (χ3n) is 4.35. The lowest BCUT2D eigenvalue weighted by Gasteiger charge is -2.30. The van der Waals surface area contributed by atoms with Crippen LogP contribution in [0.25, 0.3) is 0 Å². The summed E-state index contributed by atoms with van der Waals surface area (Å²) in [7, 11) is 1.63. The van der Waals surface area contributed by atoms with E-state index in [1.165, 1.54) is 12.1 Å². The third-order valence-corrected chi connectivity index (χ3v) is 4.35. The van der Waals surface area contributed by atoms with Crippen LogP contribution in [-0.2, 0) is 11.3 Å². The minimum absolute atomic E-state index is 0.0829. The standard InChI is InChI=1S/C18H21FN4O/c1-20-17(24)18(22-16-6-2-5-15(19)10-16)7-9-23(13-18)12-14-4-3-8-21-11-14/h2-6,8,10-11,22H,7,9,12-13H2,1H3,(H,20,24). The predicted molar refractivity (Wildman–Crippen MR) is 91.0 cm³/mol. The molecule has 1 aromatic carbocycles. The number of nitrogens with one attached hydrogen (secondary N) is 2. The Morgan fingerprint density at radius 3 is 2.96 bits per heavy atom. The van der Waals surface area contributed by atoms with E-state index < -0.39 is 5.54 Å². The van der Waals surface area contributed by atoms with Crippen molar-refractivity contribution in [2.24, 2.45) is 0 Å². The normalized spacial score (nSPS) is 20.8. The van der Waals surface area contributed by atoms with Crippen LogP contribution in [0.4, 0.5) is 10.1 Å². The highest BCUT2D eigenvalue weighted by atomic mass is 19.1. The zero-order chi connectivity index (χ0) is 17.0. The van der Waals surface area contributed by atoms with Gasteiger partial charge in [-0.25, -0.2) is 4.39 Å². The molecule has 2 aromatic rings. The molecule has 1 amide bonds. The summed E-state index contributed by atoms with van der Waals surface area (Å²) >= 11 is 0. The molecule has 0 saturated carbocycles. The lowest BCUT2D eigenvalue weighted by atomic mass is 9.96. The molecule has 2 heterocycles. The molecule has 5 nitrogen and oxygen atoms in total. The molecule has 1 saturated heterocycles. The first-order valence-electron chi connectivity index (χ1n) is 7.98. The number of halogens is 1. The van der Waals surface area contributed by atoms with Crippen LogP contribution >= 0.6 is 0 Å².